The number of carboxylic acids is 3. The van der Waals surface area contributed by atoms with Crippen LogP contribution in [0.2, 0.25) is 0 Å². The van der Waals surface area contributed by atoms with Gasteiger partial charge in [-0.05, 0) is 72.4 Å². The zero-order valence-corrected chi connectivity index (χ0v) is 26.2. The summed E-state index contributed by atoms with van der Waals surface area (Å²) in [5.74, 6) is -3.77. The van der Waals surface area contributed by atoms with Crippen molar-refractivity contribution < 1.29 is 74.6 Å². The van der Waals surface area contributed by atoms with Crippen LogP contribution in [0.25, 0.3) is 17.2 Å². The minimum atomic E-state index is -1.38. The van der Waals surface area contributed by atoms with Gasteiger partial charge in [0.25, 0.3) is 0 Å². The average molecular weight is 633 g/mol. The van der Waals surface area contributed by atoms with Gasteiger partial charge >= 0.3 is 29.6 Å². The molecule has 41 heavy (non-hydrogen) atoms. The van der Waals surface area contributed by atoms with Gasteiger partial charge in [-0.25, -0.2) is 0 Å². The molecule has 0 amide bonds. The van der Waals surface area contributed by atoms with Crippen LogP contribution in [-0.4, -0.2) is 68.9 Å². The molecule has 12 nitrogen and oxygen atoms in total. The molecule has 214 valence electrons. The second-order valence-corrected chi connectivity index (χ2v) is 8.23. The molecule has 0 bridgehead atoms. The van der Waals surface area contributed by atoms with Crippen LogP contribution in [-0.2, 0) is 33.6 Å². The summed E-state index contributed by atoms with van der Waals surface area (Å²) >= 11 is 0. The number of benzene rings is 3. The third-order valence-corrected chi connectivity index (χ3v) is 4.98. The van der Waals surface area contributed by atoms with Crippen LogP contribution in [0.15, 0.2) is 72.8 Å². The van der Waals surface area contributed by atoms with Crippen molar-refractivity contribution in [2.24, 2.45) is 0 Å². The molecule has 0 spiro atoms. The molecule has 3 aromatic carbocycles. The maximum Gasteiger partial charge on any atom is 1.00 e. The van der Waals surface area contributed by atoms with Gasteiger partial charge in [-0.3, -0.25) is 0 Å². The van der Waals surface area contributed by atoms with Gasteiger partial charge in [0.05, 0.1) is 0 Å². The minimum absolute atomic E-state index is 0. The molecule has 3 unspecified atom stereocenters. The summed E-state index contributed by atoms with van der Waals surface area (Å²) in [6.07, 6.45) is 0.299. The first kappa shape index (κ1) is 40.0. The quantitative estimate of drug-likeness (QED) is 0.202. The standard InChI is InChI=1S/3C9H10NO3.Ge.Na/c3*10-8(9(12)13)5-6-1-3-7(11)4-2-6;;/h3*1-4,8,10-11H,5H2,(H,12,13);;/q3*-1;;+1/p-3. The van der Waals surface area contributed by atoms with E-state index < -0.39 is 36.0 Å². The molecule has 6 N–H and O–H groups in total. The molecule has 3 atom stereocenters. The Morgan fingerprint density at radius 1 is 0.512 bits per heavy atom. The largest absolute Gasteiger partial charge is 1.00 e. The summed E-state index contributed by atoms with van der Waals surface area (Å²) in [6.45, 7) is 0. The number of carbonyl (C=O) groups is 3. The van der Waals surface area contributed by atoms with E-state index in [9.17, 15) is 29.7 Å². The van der Waals surface area contributed by atoms with Crippen LogP contribution < -0.4 is 44.9 Å². The molecule has 0 fully saturated rings. The van der Waals surface area contributed by atoms with Crippen LogP contribution in [0.1, 0.15) is 16.7 Å². The molecule has 0 aliphatic carbocycles. The smallest absolute Gasteiger partial charge is 0.670 e. The molecule has 3 aromatic rings. The monoisotopic (exact) mass is 634 g/mol. The van der Waals surface area contributed by atoms with Crippen LogP contribution >= 0.6 is 0 Å². The Kier molecular flexibility index (Phi) is 20.2. The first-order valence-electron chi connectivity index (χ1n) is 11.4. The fourth-order valence-corrected chi connectivity index (χ4v) is 2.85. The predicted octanol–water partition coefficient (Wildman–Crippen LogP) is -3.06. The van der Waals surface area contributed by atoms with Crippen molar-refractivity contribution in [2.45, 2.75) is 37.4 Å². The van der Waals surface area contributed by atoms with E-state index in [1.165, 1.54) is 36.4 Å². The van der Waals surface area contributed by atoms with E-state index in [1.54, 1.807) is 36.4 Å². The first-order chi connectivity index (χ1) is 18.3. The Bertz CT molecular complexity index is 1050. The molecule has 0 heterocycles. The number of rotatable bonds is 9. The van der Waals surface area contributed by atoms with Gasteiger partial charge in [0, 0.05) is 35.5 Å². The van der Waals surface area contributed by atoms with Crippen LogP contribution in [0.4, 0.5) is 0 Å². The van der Waals surface area contributed by atoms with Crippen molar-refractivity contribution >= 4 is 35.5 Å². The molecule has 14 heteroatoms. The van der Waals surface area contributed by atoms with Crippen molar-refractivity contribution in [2.75, 3.05) is 0 Å². The number of phenolic OH excluding ortho intramolecular Hbond substituents is 3. The summed E-state index contributed by atoms with van der Waals surface area (Å²) in [6, 6.07) is 14.5. The van der Waals surface area contributed by atoms with Crippen molar-refractivity contribution in [3.63, 3.8) is 0 Å². The number of nitrogens with one attached hydrogen (secondary N) is 3. The van der Waals surface area contributed by atoms with E-state index in [1.807, 2.05) is 0 Å². The minimum Gasteiger partial charge on any atom is -0.670 e. The van der Waals surface area contributed by atoms with E-state index in [2.05, 4.69) is 0 Å². The van der Waals surface area contributed by atoms with E-state index in [-0.39, 0.29) is 83.7 Å². The molecular formula is C27H27GeN3NaO9-5. The van der Waals surface area contributed by atoms with E-state index in [0.29, 0.717) is 16.7 Å². The third kappa shape index (κ3) is 17.3. The molecule has 0 saturated carbocycles. The van der Waals surface area contributed by atoms with Crippen molar-refractivity contribution in [1.82, 2.24) is 0 Å². The van der Waals surface area contributed by atoms with Gasteiger partial charge in [0.1, 0.15) is 17.2 Å². The van der Waals surface area contributed by atoms with Crippen LogP contribution in [0, 0.1) is 0 Å². The van der Waals surface area contributed by atoms with Gasteiger partial charge in [0.15, 0.2) is 0 Å². The topological polar surface area (TPSA) is 252 Å². The molecule has 0 aliphatic heterocycles. The zero-order valence-electron chi connectivity index (χ0n) is 22.1. The number of phenols is 3. The number of aromatic hydroxyl groups is 3. The van der Waals surface area contributed by atoms with Gasteiger partial charge < -0.3 is 62.2 Å². The van der Waals surface area contributed by atoms with Crippen molar-refractivity contribution in [1.29, 1.82) is 0 Å². The Hall–Kier alpha value is -3.11. The number of carbonyl (C=O) groups excluding carboxylic acids is 3. The maximum atomic E-state index is 10.2. The second-order valence-electron chi connectivity index (χ2n) is 8.23. The fourth-order valence-electron chi connectivity index (χ4n) is 2.85. The normalized spacial score (nSPS) is 11.8. The van der Waals surface area contributed by atoms with Crippen LogP contribution in [0.3, 0.4) is 0 Å². The second kappa shape index (κ2) is 20.7. The molecular weight excluding hydrogens is 606 g/mol. The third-order valence-electron chi connectivity index (χ3n) is 4.98. The fraction of sp³-hybridized carbons (Fsp3) is 0.222. The van der Waals surface area contributed by atoms with Gasteiger partial charge in [-0.15, -0.1) is 0 Å². The molecule has 0 aromatic heterocycles. The van der Waals surface area contributed by atoms with Crippen molar-refractivity contribution in [3.05, 3.63) is 107 Å². The zero-order chi connectivity index (χ0) is 29.5. The van der Waals surface area contributed by atoms with E-state index in [4.69, 9.17) is 32.5 Å². The van der Waals surface area contributed by atoms with Gasteiger partial charge in [-0.2, -0.15) is 0 Å². The Labute approximate surface area is 270 Å². The summed E-state index contributed by atoms with van der Waals surface area (Å²) in [5, 5.41) is 57.4. The average Bonchev–Trinajstić information content (AvgIpc) is 2.88. The first-order valence-corrected chi connectivity index (χ1v) is 11.4. The van der Waals surface area contributed by atoms with E-state index in [0.717, 1.165) is 0 Å². The van der Waals surface area contributed by atoms with E-state index >= 15 is 0 Å². The number of aliphatic carboxylic acids is 3. The number of hydrogen-bond acceptors (Lipinski definition) is 9. The molecule has 0 aliphatic rings. The summed E-state index contributed by atoms with van der Waals surface area (Å²) in [4.78, 5) is 30.7. The van der Waals surface area contributed by atoms with Gasteiger partial charge in [-0.1, -0.05) is 54.5 Å². The maximum absolute atomic E-state index is 10.2. The Balaban J connectivity index is 0. The summed E-state index contributed by atoms with van der Waals surface area (Å²) < 4.78 is 0. The number of hydrogen-bond donors (Lipinski definition) is 3. The Morgan fingerprint density at radius 3 is 0.829 bits per heavy atom. The molecule has 3 rings (SSSR count). The molecule has 4 radical (unpaired) electrons. The number of carboxylic acid groups (broad SMARTS) is 3. The predicted molar refractivity (Wildman–Crippen MR) is 141 cm³/mol. The summed E-state index contributed by atoms with van der Waals surface area (Å²) in [5.41, 5.74) is 23.4. The van der Waals surface area contributed by atoms with Crippen LogP contribution in [0.5, 0.6) is 17.2 Å². The SMILES string of the molecule is [Ge].[NH-]C(Cc1ccc(O)cc1)C(=O)[O-].[NH-]C(Cc1ccc(O)cc1)C(=O)[O-].[NH-]C(Cc1ccc(O)cc1)C(=O)[O-].[Na+]. The summed E-state index contributed by atoms with van der Waals surface area (Å²) in [7, 11) is 0. The Morgan fingerprint density at radius 2 is 0.683 bits per heavy atom. The molecule has 0 saturated heterocycles. The van der Waals surface area contributed by atoms with Gasteiger partial charge in [0.2, 0.25) is 0 Å². The van der Waals surface area contributed by atoms with Crippen molar-refractivity contribution in [3.8, 4) is 17.2 Å².